The largest absolute Gasteiger partial charge is 0.495 e. The summed E-state index contributed by atoms with van der Waals surface area (Å²) in [4.78, 5) is 14.2. The lowest BCUT2D eigenvalue weighted by Gasteiger charge is -2.32. The van der Waals surface area contributed by atoms with E-state index in [0.29, 0.717) is 31.7 Å². The van der Waals surface area contributed by atoms with Crippen LogP contribution in [0.1, 0.15) is 24.0 Å². The van der Waals surface area contributed by atoms with Crippen LogP contribution in [-0.2, 0) is 14.8 Å². The van der Waals surface area contributed by atoms with E-state index in [9.17, 15) is 13.2 Å². The smallest absolute Gasteiger partial charge is 0.241 e. The summed E-state index contributed by atoms with van der Waals surface area (Å²) in [5.41, 5.74) is 3.04. The van der Waals surface area contributed by atoms with E-state index in [1.807, 2.05) is 26.0 Å². The number of likely N-dealkylation sites (tertiary alicyclic amines) is 1. The van der Waals surface area contributed by atoms with Gasteiger partial charge in [0, 0.05) is 24.5 Å². The third-order valence-electron chi connectivity index (χ3n) is 4.64. The number of nitrogens with zero attached hydrogens (tertiary/aromatic N) is 1. The zero-order valence-corrected chi connectivity index (χ0v) is 16.4. The van der Waals surface area contributed by atoms with Gasteiger partial charge in [0.25, 0.3) is 0 Å². The van der Waals surface area contributed by atoms with E-state index in [1.54, 1.807) is 12.0 Å². The van der Waals surface area contributed by atoms with Gasteiger partial charge in [-0.1, -0.05) is 6.58 Å². The van der Waals surface area contributed by atoms with Crippen molar-refractivity contribution < 1.29 is 17.9 Å². The molecule has 1 amide bonds. The second-order valence-corrected chi connectivity index (χ2v) is 8.13. The van der Waals surface area contributed by atoms with Crippen molar-refractivity contribution >= 4 is 21.6 Å². The van der Waals surface area contributed by atoms with Crippen molar-refractivity contribution in [3.05, 3.63) is 35.2 Å². The van der Waals surface area contributed by atoms with Gasteiger partial charge >= 0.3 is 0 Å². The lowest BCUT2D eigenvalue weighted by Crippen LogP contribution is -2.47. The first-order valence-electron chi connectivity index (χ1n) is 8.57. The Hall–Kier alpha value is -2.06. The van der Waals surface area contributed by atoms with Crippen molar-refractivity contribution in [2.24, 2.45) is 0 Å². The van der Waals surface area contributed by atoms with Crippen molar-refractivity contribution in [1.29, 1.82) is 0 Å². The van der Waals surface area contributed by atoms with Gasteiger partial charge in [-0.2, -0.15) is 0 Å². The standard InChI is InChI=1S/C18H27N3O4S/c1-5-26(23,24)20-15-6-8-21(9-7-15)18(22)12-19-16-10-13(2)14(3)11-17(16)25-4/h5,10-11,15,19-20H,1,6-9,12H2,2-4H3. The third-order valence-corrected chi connectivity index (χ3v) is 5.74. The summed E-state index contributed by atoms with van der Waals surface area (Å²) >= 11 is 0. The molecular weight excluding hydrogens is 354 g/mol. The van der Waals surface area contributed by atoms with Crippen LogP contribution in [0, 0.1) is 13.8 Å². The number of methoxy groups -OCH3 is 1. The monoisotopic (exact) mass is 381 g/mol. The second-order valence-electron chi connectivity index (χ2n) is 6.47. The molecule has 0 atom stereocenters. The number of rotatable bonds is 7. The molecule has 1 aromatic rings. The molecule has 1 aliphatic rings. The number of carbonyl (C=O) groups excluding carboxylic acids is 1. The number of ether oxygens (including phenoxy) is 1. The van der Waals surface area contributed by atoms with Crippen molar-refractivity contribution in [3.8, 4) is 5.75 Å². The quantitative estimate of drug-likeness (QED) is 0.752. The van der Waals surface area contributed by atoms with Crippen LogP contribution in [0.5, 0.6) is 5.75 Å². The Bertz CT molecular complexity index is 769. The van der Waals surface area contributed by atoms with Crippen molar-refractivity contribution in [2.45, 2.75) is 32.7 Å². The first-order chi connectivity index (χ1) is 12.3. The van der Waals surface area contributed by atoms with Crippen LogP contribution in [-0.4, -0.2) is 52.0 Å². The summed E-state index contributed by atoms with van der Waals surface area (Å²) in [5, 5.41) is 4.06. The third kappa shape index (κ3) is 5.22. The van der Waals surface area contributed by atoms with Gasteiger partial charge in [0.2, 0.25) is 15.9 Å². The number of hydrogen-bond donors (Lipinski definition) is 2. The molecule has 2 N–H and O–H groups in total. The maximum atomic E-state index is 12.4. The number of aryl methyl sites for hydroxylation is 2. The molecule has 7 nitrogen and oxygen atoms in total. The average Bonchev–Trinajstić information content (AvgIpc) is 2.62. The predicted molar refractivity (Wildman–Crippen MR) is 103 cm³/mol. The number of sulfonamides is 1. The highest BCUT2D eigenvalue weighted by molar-refractivity contribution is 7.92. The van der Waals surface area contributed by atoms with Gasteiger partial charge in [-0.3, -0.25) is 4.79 Å². The number of piperidine rings is 1. The normalized spacial score (nSPS) is 15.6. The maximum absolute atomic E-state index is 12.4. The highest BCUT2D eigenvalue weighted by Gasteiger charge is 2.24. The number of hydrogen-bond acceptors (Lipinski definition) is 5. The van der Waals surface area contributed by atoms with E-state index in [2.05, 4.69) is 16.6 Å². The minimum atomic E-state index is -3.43. The fourth-order valence-electron chi connectivity index (χ4n) is 2.91. The molecule has 0 spiro atoms. The molecule has 1 saturated heterocycles. The van der Waals surface area contributed by atoms with Gasteiger partial charge in [-0.25, -0.2) is 13.1 Å². The highest BCUT2D eigenvalue weighted by Crippen LogP contribution is 2.27. The first-order valence-corrected chi connectivity index (χ1v) is 10.1. The van der Waals surface area contributed by atoms with Crippen molar-refractivity contribution in [3.63, 3.8) is 0 Å². The summed E-state index contributed by atoms with van der Waals surface area (Å²) in [5.74, 6) is 0.689. The Morgan fingerprint density at radius 3 is 2.50 bits per heavy atom. The van der Waals surface area contributed by atoms with Crippen LogP contribution >= 0.6 is 0 Å². The maximum Gasteiger partial charge on any atom is 0.241 e. The van der Waals surface area contributed by atoms with Gasteiger partial charge in [0.15, 0.2) is 0 Å². The molecule has 1 fully saturated rings. The molecule has 0 radical (unpaired) electrons. The van der Waals surface area contributed by atoms with Gasteiger partial charge in [-0.05, 0) is 49.9 Å². The highest BCUT2D eigenvalue weighted by atomic mass is 32.2. The fourth-order valence-corrected chi connectivity index (χ4v) is 3.70. The Kier molecular flexibility index (Phi) is 6.66. The van der Waals surface area contributed by atoms with E-state index in [0.717, 1.165) is 22.2 Å². The predicted octanol–water partition coefficient (Wildman–Crippen LogP) is 1.78. The zero-order chi connectivity index (χ0) is 19.3. The number of carbonyl (C=O) groups is 1. The van der Waals surface area contributed by atoms with E-state index < -0.39 is 10.0 Å². The topological polar surface area (TPSA) is 87.7 Å². The lowest BCUT2D eigenvalue weighted by atomic mass is 10.1. The Balaban J connectivity index is 1.88. The van der Waals surface area contributed by atoms with Crippen LogP contribution in [0.3, 0.4) is 0 Å². The van der Waals surface area contributed by atoms with Crippen molar-refractivity contribution in [1.82, 2.24) is 9.62 Å². The Morgan fingerprint density at radius 2 is 1.92 bits per heavy atom. The SMILES string of the molecule is C=CS(=O)(=O)NC1CCN(C(=O)CNc2cc(C)c(C)cc2OC)CC1. The molecule has 0 aromatic heterocycles. The van der Waals surface area contributed by atoms with Gasteiger partial charge in [0.05, 0.1) is 19.3 Å². The second kappa shape index (κ2) is 8.55. The molecule has 1 aliphatic heterocycles. The number of nitrogens with one attached hydrogen (secondary N) is 2. The summed E-state index contributed by atoms with van der Waals surface area (Å²) in [6.45, 7) is 8.52. The molecule has 2 rings (SSSR count). The summed E-state index contributed by atoms with van der Waals surface area (Å²) in [6.07, 6.45) is 1.18. The van der Waals surface area contributed by atoms with Crippen LogP contribution in [0.4, 0.5) is 5.69 Å². The lowest BCUT2D eigenvalue weighted by molar-refractivity contribution is -0.130. The molecule has 0 bridgehead atoms. The van der Waals surface area contributed by atoms with Crippen LogP contribution < -0.4 is 14.8 Å². The molecule has 0 unspecified atom stereocenters. The molecule has 26 heavy (non-hydrogen) atoms. The van der Waals surface area contributed by atoms with Gasteiger partial charge < -0.3 is 15.0 Å². The van der Waals surface area contributed by atoms with Gasteiger partial charge in [-0.15, -0.1) is 0 Å². The molecule has 1 aromatic carbocycles. The Morgan fingerprint density at radius 1 is 1.31 bits per heavy atom. The summed E-state index contributed by atoms with van der Waals surface area (Å²) < 4.78 is 31.0. The van der Waals surface area contributed by atoms with Crippen LogP contribution in [0.15, 0.2) is 24.1 Å². The molecule has 0 aliphatic carbocycles. The average molecular weight is 381 g/mol. The zero-order valence-electron chi connectivity index (χ0n) is 15.5. The first kappa shape index (κ1) is 20.3. The minimum Gasteiger partial charge on any atom is -0.495 e. The van der Waals surface area contributed by atoms with Gasteiger partial charge in [0.1, 0.15) is 5.75 Å². The molecule has 144 valence electrons. The molecule has 0 saturated carbocycles. The summed E-state index contributed by atoms with van der Waals surface area (Å²) in [6, 6.07) is 3.76. The van der Waals surface area contributed by atoms with Crippen LogP contribution in [0.2, 0.25) is 0 Å². The van der Waals surface area contributed by atoms with Crippen LogP contribution in [0.25, 0.3) is 0 Å². The van der Waals surface area contributed by atoms with Crippen molar-refractivity contribution in [2.75, 3.05) is 32.1 Å². The van der Waals surface area contributed by atoms with E-state index in [-0.39, 0.29) is 18.5 Å². The van der Waals surface area contributed by atoms with E-state index in [4.69, 9.17) is 4.74 Å². The molecule has 1 heterocycles. The Labute approximate surface area is 155 Å². The number of benzene rings is 1. The molecule has 8 heteroatoms. The van der Waals surface area contributed by atoms with E-state index >= 15 is 0 Å². The summed E-state index contributed by atoms with van der Waals surface area (Å²) in [7, 11) is -1.83. The number of anilines is 1. The van der Waals surface area contributed by atoms with E-state index in [1.165, 1.54) is 0 Å². The fraction of sp³-hybridized carbons (Fsp3) is 0.500. The number of amides is 1. The molecular formula is C18H27N3O4S. The minimum absolute atomic E-state index is 0.0182.